The SMILES string of the molecule is CCCNC(C)(COCCC(C)(C)OC)C(=O)OC. The molecule has 0 heterocycles. The van der Waals surface area contributed by atoms with Crippen LogP contribution in [0, 0.1) is 0 Å². The van der Waals surface area contributed by atoms with Crippen LogP contribution in [0.1, 0.15) is 40.5 Å². The second-order valence-corrected chi connectivity index (χ2v) is 5.52. The third-order valence-corrected chi connectivity index (χ3v) is 3.19. The first kappa shape index (κ1) is 18.4. The molecule has 114 valence electrons. The van der Waals surface area contributed by atoms with Crippen molar-refractivity contribution in [3.05, 3.63) is 0 Å². The predicted molar refractivity (Wildman–Crippen MR) is 75.2 cm³/mol. The van der Waals surface area contributed by atoms with Gasteiger partial charge in [0.05, 0.1) is 19.3 Å². The van der Waals surface area contributed by atoms with Crippen molar-refractivity contribution in [1.29, 1.82) is 0 Å². The average molecular weight is 275 g/mol. The van der Waals surface area contributed by atoms with Crippen molar-refractivity contribution in [3.8, 4) is 0 Å². The third kappa shape index (κ3) is 6.89. The zero-order chi connectivity index (χ0) is 14.9. The fourth-order valence-corrected chi connectivity index (χ4v) is 1.50. The number of hydrogen-bond acceptors (Lipinski definition) is 5. The lowest BCUT2D eigenvalue weighted by atomic mass is 10.0. The summed E-state index contributed by atoms with van der Waals surface area (Å²) in [5.74, 6) is -0.299. The molecular formula is C14H29NO4. The summed E-state index contributed by atoms with van der Waals surface area (Å²) in [4.78, 5) is 11.8. The second kappa shape index (κ2) is 8.51. The zero-order valence-corrected chi connectivity index (χ0v) is 13.2. The van der Waals surface area contributed by atoms with Gasteiger partial charge in [-0.2, -0.15) is 0 Å². The predicted octanol–water partition coefficient (Wildman–Crippen LogP) is 1.75. The highest BCUT2D eigenvalue weighted by Crippen LogP contribution is 2.14. The quantitative estimate of drug-likeness (QED) is 0.486. The molecule has 1 unspecified atom stereocenters. The highest BCUT2D eigenvalue weighted by molar-refractivity contribution is 5.80. The number of carbonyl (C=O) groups is 1. The van der Waals surface area contributed by atoms with Gasteiger partial charge in [-0.05, 0) is 40.2 Å². The van der Waals surface area contributed by atoms with Gasteiger partial charge in [-0.25, -0.2) is 4.79 Å². The summed E-state index contributed by atoms with van der Waals surface area (Å²) in [5.41, 5.74) is -1.000. The van der Waals surface area contributed by atoms with Crippen molar-refractivity contribution < 1.29 is 19.0 Å². The van der Waals surface area contributed by atoms with Crippen LogP contribution >= 0.6 is 0 Å². The van der Waals surface area contributed by atoms with E-state index >= 15 is 0 Å². The maximum Gasteiger partial charge on any atom is 0.328 e. The van der Waals surface area contributed by atoms with Crippen molar-refractivity contribution in [1.82, 2.24) is 5.32 Å². The number of nitrogens with one attached hydrogen (secondary N) is 1. The van der Waals surface area contributed by atoms with Crippen LogP contribution in [0.25, 0.3) is 0 Å². The molecule has 19 heavy (non-hydrogen) atoms. The van der Waals surface area contributed by atoms with Gasteiger partial charge in [0, 0.05) is 13.7 Å². The molecule has 0 aromatic carbocycles. The Kier molecular flexibility index (Phi) is 8.22. The standard InChI is InChI=1S/C14H29NO4/c1-7-9-15-14(4,12(16)17-5)11-19-10-8-13(2,3)18-6/h15H,7-11H2,1-6H3. The Labute approximate surface area is 117 Å². The van der Waals surface area contributed by atoms with E-state index in [0.29, 0.717) is 13.2 Å². The van der Waals surface area contributed by atoms with Crippen molar-refractivity contribution in [2.45, 2.75) is 51.7 Å². The molecule has 0 saturated heterocycles. The lowest BCUT2D eigenvalue weighted by Crippen LogP contribution is -2.54. The summed E-state index contributed by atoms with van der Waals surface area (Å²) in [5, 5.41) is 3.18. The highest BCUT2D eigenvalue weighted by Gasteiger charge is 2.34. The Morgan fingerprint density at radius 1 is 1.21 bits per heavy atom. The van der Waals surface area contributed by atoms with Crippen LogP contribution in [0.5, 0.6) is 0 Å². The Morgan fingerprint density at radius 2 is 1.84 bits per heavy atom. The van der Waals surface area contributed by atoms with Gasteiger partial charge in [0.15, 0.2) is 0 Å². The van der Waals surface area contributed by atoms with E-state index in [9.17, 15) is 4.79 Å². The minimum Gasteiger partial charge on any atom is -0.468 e. The van der Waals surface area contributed by atoms with Gasteiger partial charge in [0.1, 0.15) is 5.54 Å². The Hall–Kier alpha value is -0.650. The zero-order valence-electron chi connectivity index (χ0n) is 13.2. The van der Waals surface area contributed by atoms with Crippen LogP contribution in [-0.2, 0) is 19.0 Å². The van der Waals surface area contributed by atoms with E-state index in [1.54, 1.807) is 14.0 Å². The molecule has 0 aliphatic carbocycles. The van der Waals surface area contributed by atoms with Crippen LogP contribution in [-0.4, -0.2) is 51.1 Å². The fourth-order valence-electron chi connectivity index (χ4n) is 1.50. The molecule has 0 aromatic rings. The molecule has 1 atom stereocenters. The molecule has 0 rings (SSSR count). The van der Waals surface area contributed by atoms with Crippen LogP contribution in [0.2, 0.25) is 0 Å². The molecule has 0 bridgehead atoms. The Morgan fingerprint density at radius 3 is 2.32 bits per heavy atom. The highest BCUT2D eigenvalue weighted by atomic mass is 16.5. The smallest absolute Gasteiger partial charge is 0.328 e. The number of carbonyl (C=O) groups excluding carboxylic acids is 1. The number of methoxy groups -OCH3 is 2. The van der Waals surface area contributed by atoms with Crippen molar-refractivity contribution >= 4 is 5.97 Å². The molecule has 5 nitrogen and oxygen atoms in total. The van der Waals surface area contributed by atoms with E-state index in [4.69, 9.17) is 14.2 Å². The maximum atomic E-state index is 11.8. The summed E-state index contributed by atoms with van der Waals surface area (Å²) in [6.07, 6.45) is 1.72. The summed E-state index contributed by atoms with van der Waals surface area (Å²) >= 11 is 0. The van der Waals surface area contributed by atoms with E-state index in [-0.39, 0.29) is 11.6 Å². The first-order chi connectivity index (χ1) is 8.81. The van der Waals surface area contributed by atoms with Gasteiger partial charge >= 0.3 is 5.97 Å². The molecule has 0 spiro atoms. The minimum absolute atomic E-state index is 0.210. The number of hydrogen-bond donors (Lipinski definition) is 1. The summed E-state index contributed by atoms with van der Waals surface area (Å²) in [7, 11) is 3.07. The second-order valence-electron chi connectivity index (χ2n) is 5.52. The molecule has 0 fully saturated rings. The first-order valence-corrected chi connectivity index (χ1v) is 6.77. The molecule has 0 aliphatic rings. The van der Waals surface area contributed by atoms with Crippen LogP contribution < -0.4 is 5.32 Å². The lowest BCUT2D eigenvalue weighted by Gasteiger charge is -2.29. The molecule has 0 aliphatic heterocycles. The van der Waals surface area contributed by atoms with Crippen LogP contribution in [0.4, 0.5) is 0 Å². The maximum absolute atomic E-state index is 11.8. The normalized spacial score (nSPS) is 15.1. The minimum atomic E-state index is -0.790. The van der Waals surface area contributed by atoms with E-state index in [1.807, 2.05) is 20.8 Å². The monoisotopic (exact) mass is 275 g/mol. The van der Waals surface area contributed by atoms with Crippen LogP contribution in [0.15, 0.2) is 0 Å². The molecule has 0 saturated carbocycles. The van der Waals surface area contributed by atoms with E-state index in [0.717, 1.165) is 19.4 Å². The molecular weight excluding hydrogens is 246 g/mol. The lowest BCUT2D eigenvalue weighted by molar-refractivity contribution is -0.150. The number of ether oxygens (including phenoxy) is 3. The molecule has 1 N–H and O–H groups in total. The van der Waals surface area contributed by atoms with Crippen molar-refractivity contribution in [2.24, 2.45) is 0 Å². The Balaban J connectivity index is 4.24. The Bertz CT molecular complexity index is 268. The molecule has 0 amide bonds. The third-order valence-electron chi connectivity index (χ3n) is 3.19. The summed E-state index contributed by atoms with van der Waals surface area (Å²) in [6.45, 7) is 9.44. The van der Waals surface area contributed by atoms with Gasteiger partial charge < -0.3 is 19.5 Å². The van der Waals surface area contributed by atoms with Gasteiger partial charge in [-0.3, -0.25) is 0 Å². The van der Waals surface area contributed by atoms with E-state index in [2.05, 4.69) is 5.32 Å². The van der Waals surface area contributed by atoms with E-state index in [1.165, 1.54) is 7.11 Å². The van der Waals surface area contributed by atoms with Crippen LogP contribution in [0.3, 0.4) is 0 Å². The largest absolute Gasteiger partial charge is 0.468 e. The topological polar surface area (TPSA) is 56.8 Å². The molecule has 5 heteroatoms. The van der Waals surface area contributed by atoms with Gasteiger partial charge in [-0.1, -0.05) is 6.92 Å². The van der Waals surface area contributed by atoms with Gasteiger partial charge in [-0.15, -0.1) is 0 Å². The van der Waals surface area contributed by atoms with Gasteiger partial charge in [0.2, 0.25) is 0 Å². The first-order valence-electron chi connectivity index (χ1n) is 6.77. The van der Waals surface area contributed by atoms with Crippen molar-refractivity contribution in [3.63, 3.8) is 0 Å². The van der Waals surface area contributed by atoms with Crippen molar-refractivity contribution in [2.75, 3.05) is 34.0 Å². The molecule has 0 aromatic heterocycles. The fraction of sp³-hybridized carbons (Fsp3) is 0.929. The van der Waals surface area contributed by atoms with Gasteiger partial charge in [0.25, 0.3) is 0 Å². The number of esters is 1. The number of rotatable bonds is 10. The molecule has 0 radical (unpaired) electrons. The average Bonchev–Trinajstić information content (AvgIpc) is 2.40. The van der Waals surface area contributed by atoms with E-state index < -0.39 is 5.54 Å². The summed E-state index contributed by atoms with van der Waals surface area (Å²) in [6, 6.07) is 0. The summed E-state index contributed by atoms with van der Waals surface area (Å²) < 4.78 is 15.8.